The van der Waals surface area contributed by atoms with Crippen LogP contribution in [0.1, 0.15) is 66.2 Å². The van der Waals surface area contributed by atoms with Crippen LogP contribution in [-0.4, -0.2) is 35.6 Å². The van der Waals surface area contributed by atoms with Crippen LogP contribution in [0.3, 0.4) is 0 Å². The molecule has 0 bridgehead atoms. The molecule has 1 N–H and O–H groups in total. The van der Waals surface area contributed by atoms with E-state index in [0.717, 1.165) is 18.5 Å². The summed E-state index contributed by atoms with van der Waals surface area (Å²) in [6, 6.07) is 1.52. The molecule has 0 aromatic rings. The maximum atomic E-state index is 3.75. The van der Waals surface area contributed by atoms with Gasteiger partial charge in [0.15, 0.2) is 0 Å². The van der Waals surface area contributed by atoms with Crippen LogP contribution in [-0.2, 0) is 0 Å². The number of hydrogen-bond acceptors (Lipinski definition) is 2. The van der Waals surface area contributed by atoms with E-state index >= 15 is 0 Å². The minimum absolute atomic E-state index is 0.334. The Labute approximate surface area is 114 Å². The molecule has 0 aromatic carbocycles. The minimum Gasteiger partial charge on any atom is -0.311 e. The van der Waals surface area contributed by atoms with Crippen LogP contribution in [0.4, 0.5) is 0 Å². The average molecular weight is 252 g/mol. The lowest BCUT2D eigenvalue weighted by Crippen LogP contribution is -2.65. The van der Waals surface area contributed by atoms with Gasteiger partial charge in [-0.25, -0.2) is 0 Å². The third-order valence-corrected chi connectivity index (χ3v) is 5.04. The maximum absolute atomic E-state index is 3.75. The molecule has 1 saturated heterocycles. The van der Waals surface area contributed by atoms with Crippen molar-refractivity contribution in [2.45, 2.75) is 83.8 Å². The van der Waals surface area contributed by atoms with Gasteiger partial charge in [0.2, 0.25) is 0 Å². The standard InChI is InChI=1S/C16H32N2/c1-13(2)15-11-18(16(3,4)12-17-15)14-9-7-5-6-8-10-14/h13-15,17H,5-12H2,1-4H3. The van der Waals surface area contributed by atoms with Gasteiger partial charge >= 0.3 is 0 Å². The molecule has 0 radical (unpaired) electrons. The predicted molar refractivity (Wildman–Crippen MR) is 78.9 cm³/mol. The quantitative estimate of drug-likeness (QED) is 0.758. The molecule has 1 atom stereocenters. The van der Waals surface area contributed by atoms with Gasteiger partial charge in [-0.15, -0.1) is 0 Å². The number of hydrogen-bond donors (Lipinski definition) is 1. The molecular formula is C16H32N2. The molecule has 1 unspecified atom stereocenters. The monoisotopic (exact) mass is 252 g/mol. The number of nitrogens with zero attached hydrogens (tertiary/aromatic N) is 1. The fourth-order valence-electron chi connectivity index (χ4n) is 3.67. The molecule has 2 rings (SSSR count). The van der Waals surface area contributed by atoms with E-state index in [4.69, 9.17) is 0 Å². The van der Waals surface area contributed by atoms with Crippen LogP contribution in [0.15, 0.2) is 0 Å². The van der Waals surface area contributed by atoms with Crippen LogP contribution in [0.25, 0.3) is 0 Å². The molecule has 2 fully saturated rings. The average Bonchev–Trinajstić information content (AvgIpc) is 2.56. The van der Waals surface area contributed by atoms with Gasteiger partial charge in [0.1, 0.15) is 0 Å². The first kappa shape index (κ1) is 14.3. The lowest BCUT2D eigenvalue weighted by atomic mass is 9.89. The summed E-state index contributed by atoms with van der Waals surface area (Å²) in [6.07, 6.45) is 8.64. The Balaban J connectivity index is 2.05. The van der Waals surface area contributed by atoms with Crippen molar-refractivity contribution in [3.63, 3.8) is 0 Å². The highest BCUT2D eigenvalue weighted by molar-refractivity contribution is 4.97. The molecule has 2 heteroatoms. The van der Waals surface area contributed by atoms with Crippen molar-refractivity contribution in [1.82, 2.24) is 10.2 Å². The summed E-state index contributed by atoms with van der Waals surface area (Å²) in [5, 5.41) is 3.75. The van der Waals surface area contributed by atoms with Gasteiger partial charge in [-0.05, 0) is 32.6 Å². The third kappa shape index (κ3) is 3.27. The lowest BCUT2D eigenvalue weighted by Gasteiger charge is -2.51. The summed E-state index contributed by atoms with van der Waals surface area (Å²) in [5.74, 6) is 0.745. The van der Waals surface area contributed by atoms with Crippen molar-refractivity contribution in [1.29, 1.82) is 0 Å². The van der Waals surface area contributed by atoms with Gasteiger partial charge in [0, 0.05) is 30.7 Å². The molecule has 0 aromatic heterocycles. The molecule has 0 amide bonds. The summed E-state index contributed by atoms with van der Waals surface area (Å²) < 4.78 is 0. The van der Waals surface area contributed by atoms with Crippen molar-refractivity contribution in [3.05, 3.63) is 0 Å². The van der Waals surface area contributed by atoms with Crippen molar-refractivity contribution >= 4 is 0 Å². The molecule has 106 valence electrons. The Hall–Kier alpha value is -0.0800. The first-order chi connectivity index (χ1) is 8.50. The van der Waals surface area contributed by atoms with Crippen LogP contribution < -0.4 is 5.32 Å². The second-order valence-electron chi connectivity index (χ2n) is 7.34. The molecule has 1 heterocycles. The number of rotatable bonds is 2. The Morgan fingerprint density at radius 2 is 1.67 bits per heavy atom. The van der Waals surface area contributed by atoms with E-state index in [-0.39, 0.29) is 0 Å². The van der Waals surface area contributed by atoms with E-state index in [2.05, 4.69) is 37.9 Å². The van der Waals surface area contributed by atoms with Gasteiger partial charge in [-0.3, -0.25) is 4.90 Å². The lowest BCUT2D eigenvalue weighted by molar-refractivity contribution is 0.0104. The molecule has 2 aliphatic rings. The molecule has 0 spiro atoms. The molecule has 1 aliphatic carbocycles. The first-order valence-electron chi connectivity index (χ1n) is 8.01. The zero-order valence-electron chi connectivity index (χ0n) is 12.8. The summed E-state index contributed by atoms with van der Waals surface area (Å²) in [6.45, 7) is 11.9. The highest BCUT2D eigenvalue weighted by Crippen LogP contribution is 2.30. The largest absolute Gasteiger partial charge is 0.311 e. The normalized spacial score (nSPS) is 31.5. The van der Waals surface area contributed by atoms with Crippen LogP contribution in [0.5, 0.6) is 0 Å². The van der Waals surface area contributed by atoms with Crippen LogP contribution in [0.2, 0.25) is 0 Å². The van der Waals surface area contributed by atoms with Gasteiger partial charge in [-0.2, -0.15) is 0 Å². The van der Waals surface area contributed by atoms with E-state index in [1.807, 2.05) is 0 Å². The van der Waals surface area contributed by atoms with Gasteiger partial charge in [0.25, 0.3) is 0 Å². The summed E-state index contributed by atoms with van der Waals surface area (Å²) in [4.78, 5) is 2.83. The maximum Gasteiger partial charge on any atom is 0.0281 e. The van der Waals surface area contributed by atoms with Gasteiger partial charge < -0.3 is 5.32 Å². The SMILES string of the molecule is CC(C)C1CN(C2CCCCCC2)C(C)(C)CN1. The summed E-state index contributed by atoms with van der Waals surface area (Å²) >= 11 is 0. The molecule has 18 heavy (non-hydrogen) atoms. The minimum atomic E-state index is 0.334. The molecular weight excluding hydrogens is 220 g/mol. The first-order valence-corrected chi connectivity index (χ1v) is 8.01. The smallest absolute Gasteiger partial charge is 0.0281 e. The highest BCUT2D eigenvalue weighted by Gasteiger charge is 2.38. The van der Waals surface area contributed by atoms with E-state index in [1.165, 1.54) is 45.1 Å². The number of nitrogens with one attached hydrogen (secondary N) is 1. The Morgan fingerprint density at radius 1 is 1.06 bits per heavy atom. The molecule has 2 nitrogen and oxygen atoms in total. The molecule has 1 saturated carbocycles. The second-order valence-corrected chi connectivity index (χ2v) is 7.34. The van der Waals surface area contributed by atoms with Crippen molar-refractivity contribution in [2.75, 3.05) is 13.1 Å². The summed E-state index contributed by atoms with van der Waals surface area (Å²) in [5.41, 5.74) is 0.334. The van der Waals surface area contributed by atoms with Gasteiger partial charge in [-0.1, -0.05) is 39.5 Å². The zero-order valence-corrected chi connectivity index (χ0v) is 12.8. The second kappa shape index (κ2) is 5.92. The highest BCUT2D eigenvalue weighted by atomic mass is 15.3. The van der Waals surface area contributed by atoms with E-state index < -0.39 is 0 Å². The Bertz CT molecular complexity index is 252. The third-order valence-electron chi connectivity index (χ3n) is 5.04. The topological polar surface area (TPSA) is 15.3 Å². The molecule has 1 aliphatic heterocycles. The van der Waals surface area contributed by atoms with Gasteiger partial charge in [0.05, 0.1) is 0 Å². The predicted octanol–water partition coefficient (Wildman–Crippen LogP) is 3.42. The Morgan fingerprint density at radius 3 is 2.22 bits per heavy atom. The van der Waals surface area contributed by atoms with Crippen molar-refractivity contribution in [2.24, 2.45) is 5.92 Å². The van der Waals surface area contributed by atoms with E-state index in [9.17, 15) is 0 Å². The van der Waals surface area contributed by atoms with Crippen molar-refractivity contribution in [3.8, 4) is 0 Å². The van der Waals surface area contributed by atoms with E-state index in [1.54, 1.807) is 0 Å². The Kier molecular flexibility index (Phi) is 4.71. The number of piperazine rings is 1. The fourth-order valence-corrected chi connectivity index (χ4v) is 3.67. The van der Waals surface area contributed by atoms with E-state index in [0.29, 0.717) is 11.6 Å². The van der Waals surface area contributed by atoms with Crippen LogP contribution >= 0.6 is 0 Å². The fraction of sp³-hybridized carbons (Fsp3) is 1.00. The zero-order chi connectivity index (χ0) is 13.2. The van der Waals surface area contributed by atoms with Crippen LogP contribution in [0, 0.1) is 5.92 Å². The summed E-state index contributed by atoms with van der Waals surface area (Å²) in [7, 11) is 0. The van der Waals surface area contributed by atoms with Crippen molar-refractivity contribution < 1.29 is 0 Å².